The van der Waals surface area contributed by atoms with Crippen LogP contribution in [0.2, 0.25) is 0 Å². The summed E-state index contributed by atoms with van der Waals surface area (Å²) in [7, 11) is 0. The monoisotopic (exact) mass is 250 g/mol. The van der Waals surface area contributed by atoms with Gasteiger partial charge in [0, 0.05) is 18.6 Å². The zero-order valence-corrected chi connectivity index (χ0v) is 11.4. The molecule has 2 atom stereocenters. The minimum absolute atomic E-state index is 0.0620. The standard InChI is InChI=1S/C14H22N2O2/c1-9-5-4-6-12(8-15)16(9)14(17)13-7-10(2)18-11(13)3/h7,9,12H,4-6,8,15H2,1-3H3. The van der Waals surface area contributed by atoms with Gasteiger partial charge in [-0.15, -0.1) is 0 Å². The lowest BCUT2D eigenvalue weighted by Crippen LogP contribution is -2.51. The Morgan fingerprint density at radius 1 is 1.50 bits per heavy atom. The Kier molecular flexibility index (Phi) is 3.76. The van der Waals surface area contributed by atoms with Crippen LogP contribution in [0.25, 0.3) is 0 Å². The van der Waals surface area contributed by atoms with Gasteiger partial charge in [0.25, 0.3) is 5.91 Å². The van der Waals surface area contributed by atoms with Crippen molar-refractivity contribution in [3.63, 3.8) is 0 Å². The van der Waals surface area contributed by atoms with E-state index in [1.165, 1.54) is 0 Å². The number of nitrogens with two attached hydrogens (primary N) is 1. The molecule has 1 aliphatic heterocycles. The van der Waals surface area contributed by atoms with Crippen molar-refractivity contribution in [2.75, 3.05) is 6.54 Å². The quantitative estimate of drug-likeness (QED) is 0.875. The highest BCUT2D eigenvalue weighted by Crippen LogP contribution is 2.26. The van der Waals surface area contributed by atoms with Gasteiger partial charge in [-0.05, 0) is 46.1 Å². The molecular formula is C14H22N2O2. The second-order valence-electron chi connectivity index (χ2n) is 5.21. The summed E-state index contributed by atoms with van der Waals surface area (Å²) < 4.78 is 5.45. The number of nitrogens with zero attached hydrogens (tertiary/aromatic N) is 1. The van der Waals surface area contributed by atoms with E-state index in [2.05, 4.69) is 6.92 Å². The van der Waals surface area contributed by atoms with Crippen LogP contribution in [0, 0.1) is 13.8 Å². The van der Waals surface area contributed by atoms with Gasteiger partial charge >= 0.3 is 0 Å². The van der Waals surface area contributed by atoms with E-state index < -0.39 is 0 Å². The van der Waals surface area contributed by atoms with Crippen LogP contribution in [0.4, 0.5) is 0 Å². The number of amides is 1. The molecule has 4 nitrogen and oxygen atoms in total. The molecule has 2 rings (SSSR count). The molecule has 0 spiro atoms. The second-order valence-corrected chi connectivity index (χ2v) is 5.21. The molecule has 0 saturated carbocycles. The fourth-order valence-electron chi connectivity index (χ4n) is 2.87. The summed E-state index contributed by atoms with van der Waals surface area (Å²) in [5.74, 6) is 1.54. The number of aryl methyl sites for hydroxylation is 2. The summed E-state index contributed by atoms with van der Waals surface area (Å²) in [6.07, 6.45) is 3.21. The minimum Gasteiger partial charge on any atom is -0.466 e. The highest BCUT2D eigenvalue weighted by atomic mass is 16.3. The minimum atomic E-state index is 0.0620. The summed E-state index contributed by atoms with van der Waals surface area (Å²) in [4.78, 5) is 14.6. The lowest BCUT2D eigenvalue weighted by atomic mass is 9.95. The molecule has 1 aromatic rings. The number of rotatable bonds is 2. The fraction of sp³-hybridized carbons (Fsp3) is 0.643. The summed E-state index contributed by atoms with van der Waals surface area (Å²) in [6.45, 7) is 6.34. The first-order valence-electron chi connectivity index (χ1n) is 6.64. The average Bonchev–Trinajstić information content (AvgIpc) is 2.67. The molecule has 1 fully saturated rings. The topological polar surface area (TPSA) is 59.5 Å². The largest absolute Gasteiger partial charge is 0.466 e. The number of furan rings is 1. The molecule has 100 valence electrons. The van der Waals surface area contributed by atoms with Crippen LogP contribution >= 0.6 is 0 Å². The zero-order chi connectivity index (χ0) is 13.3. The van der Waals surface area contributed by atoms with Crippen molar-refractivity contribution in [1.29, 1.82) is 0 Å². The Balaban J connectivity index is 2.28. The van der Waals surface area contributed by atoms with Gasteiger partial charge in [-0.2, -0.15) is 0 Å². The second kappa shape index (κ2) is 5.14. The van der Waals surface area contributed by atoms with Gasteiger partial charge in [0.1, 0.15) is 11.5 Å². The van der Waals surface area contributed by atoms with E-state index in [-0.39, 0.29) is 18.0 Å². The summed E-state index contributed by atoms with van der Waals surface area (Å²) >= 11 is 0. The van der Waals surface area contributed by atoms with E-state index in [1.807, 2.05) is 24.8 Å². The molecule has 0 radical (unpaired) electrons. The summed E-state index contributed by atoms with van der Waals surface area (Å²) in [5, 5.41) is 0. The molecule has 2 heterocycles. The number of likely N-dealkylation sites (tertiary alicyclic amines) is 1. The van der Waals surface area contributed by atoms with Crippen molar-refractivity contribution in [1.82, 2.24) is 4.90 Å². The predicted molar refractivity (Wildman–Crippen MR) is 70.5 cm³/mol. The molecular weight excluding hydrogens is 228 g/mol. The van der Waals surface area contributed by atoms with Crippen LogP contribution in [0.1, 0.15) is 48.1 Å². The van der Waals surface area contributed by atoms with E-state index in [1.54, 1.807) is 0 Å². The Morgan fingerprint density at radius 2 is 2.22 bits per heavy atom. The third-order valence-electron chi connectivity index (χ3n) is 3.81. The van der Waals surface area contributed by atoms with Gasteiger partial charge < -0.3 is 15.1 Å². The van der Waals surface area contributed by atoms with Crippen LogP contribution in [0.15, 0.2) is 10.5 Å². The summed E-state index contributed by atoms with van der Waals surface area (Å²) in [5.41, 5.74) is 6.48. The van der Waals surface area contributed by atoms with Crippen LogP contribution in [-0.4, -0.2) is 29.4 Å². The Hall–Kier alpha value is -1.29. The molecule has 0 bridgehead atoms. The number of hydrogen-bond acceptors (Lipinski definition) is 3. The van der Waals surface area contributed by atoms with Crippen molar-refractivity contribution in [2.45, 2.75) is 52.1 Å². The SMILES string of the molecule is Cc1cc(C(=O)N2C(C)CCCC2CN)c(C)o1. The van der Waals surface area contributed by atoms with Crippen molar-refractivity contribution in [3.05, 3.63) is 23.2 Å². The Morgan fingerprint density at radius 3 is 2.78 bits per heavy atom. The maximum absolute atomic E-state index is 12.6. The smallest absolute Gasteiger partial charge is 0.257 e. The van der Waals surface area contributed by atoms with Gasteiger partial charge in [0.2, 0.25) is 0 Å². The Labute approximate surface area is 108 Å². The van der Waals surface area contributed by atoms with E-state index in [0.717, 1.165) is 25.0 Å². The molecule has 0 aromatic carbocycles. The third-order valence-corrected chi connectivity index (χ3v) is 3.81. The number of hydrogen-bond donors (Lipinski definition) is 1. The van der Waals surface area contributed by atoms with Crippen molar-refractivity contribution >= 4 is 5.91 Å². The van der Waals surface area contributed by atoms with E-state index in [0.29, 0.717) is 17.9 Å². The molecule has 1 saturated heterocycles. The van der Waals surface area contributed by atoms with Gasteiger partial charge in [0.05, 0.1) is 5.56 Å². The third kappa shape index (κ3) is 2.29. The van der Waals surface area contributed by atoms with E-state index in [4.69, 9.17) is 10.2 Å². The van der Waals surface area contributed by atoms with Crippen molar-refractivity contribution < 1.29 is 9.21 Å². The first-order chi connectivity index (χ1) is 8.54. The molecule has 1 aliphatic rings. The lowest BCUT2D eigenvalue weighted by molar-refractivity contribution is 0.0492. The van der Waals surface area contributed by atoms with E-state index >= 15 is 0 Å². The maximum atomic E-state index is 12.6. The fourth-order valence-corrected chi connectivity index (χ4v) is 2.87. The first kappa shape index (κ1) is 13.1. The normalized spacial score (nSPS) is 24.3. The van der Waals surface area contributed by atoms with E-state index in [9.17, 15) is 4.79 Å². The Bertz CT molecular complexity index is 439. The molecule has 2 unspecified atom stereocenters. The van der Waals surface area contributed by atoms with Gasteiger partial charge in [-0.25, -0.2) is 0 Å². The molecule has 2 N–H and O–H groups in total. The first-order valence-corrected chi connectivity index (χ1v) is 6.64. The van der Waals surface area contributed by atoms with Gasteiger partial charge in [-0.3, -0.25) is 4.79 Å². The molecule has 1 aromatic heterocycles. The van der Waals surface area contributed by atoms with Crippen molar-refractivity contribution in [3.8, 4) is 0 Å². The molecule has 0 aliphatic carbocycles. The highest BCUT2D eigenvalue weighted by Gasteiger charge is 2.32. The number of carbonyl (C=O) groups is 1. The van der Waals surface area contributed by atoms with Crippen LogP contribution < -0.4 is 5.73 Å². The number of piperidine rings is 1. The predicted octanol–water partition coefficient (Wildman–Crippen LogP) is 2.24. The molecule has 1 amide bonds. The van der Waals surface area contributed by atoms with Crippen LogP contribution in [-0.2, 0) is 0 Å². The highest BCUT2D eigenvalue weighted by molar-refractivity contribution is 5.95. The lowest BCUT2D eigenvalue weighted by Gasteiger charge is -2.40. The van der Waals surface area contributed by atoms with Crippen LogP contribution in [0.5, 0.6) is 0 Å². The van der Waals surface area contributed by atoms with Crippen LogP contribution in [0.3, 0.4) is 0 Å². The zero-order valence-electron chi connectivity index (χ0n) is 11.4. The molecule has 4 heteroatoms. The maximum Gasteiger partial charge on any atom is 0.257 e. The number of carbonyl (C=O) groups excluding carboxylic acids is 1. The van der Waals surface area contributed by atoms with Crippen molar-refractivity contribution in [2.24, 2.45) is 5.73 Å². The summed E-state index contributed by atoms with van der Waals surface area (Å²) in [6, 6.07) is 2.25. The van der Waals surface area contributed by atoms with Gasteiger partial charge in [-0.1, -0.05) is 0 Å². The van der Waals surface area contributed by atoms with Gasteiger partial charge in [0.15, 0.2) is 0 Å². The average molecular weight is 250 g/mol. The molecule has 18 heavy (non-hydrogen) atoms.